The molecule has 22 heavy (non-hydrogen) atoms. The van der Waals surface area contributed by atoms with Crippen LogP contribution < -0.4 is 5.32 Å². The summed E-state index contributed by atoms with van der Waals surface area (Å²) >= 11 is 1.41. The predicted octanol–water partition coefficient (Wildman–Crippen LogP) is 1.90. The summed E-state index contributed by atoms with van der Waals surface area (Å²) in [7, 11) is 0. The minimum absolute atomic E-state index is 0.0389. The molecule has 1 atom stereocenters. The maximum Gasteiger partial charge on any atom is 0.230 e. The van der Waals surface area contributed by atoms with Crippen molar-refractivity contribution in [2.75, 3.05) is 5.75 Å². The highest BCUT2D eigenvalue weighted by Gasteiger charge is 2.28. The topological polar surface area (TPSA) is 72.7 Å². The van der Waals surface area contributed by atoms with E-state index < -0.39 is 0 Å². The highest BCUT2D eigenvalue weighted by atomic mass is 32.2. The van der Waals surface area contributed by atoms with Gasteiger partial charge in [0, 0.05) is 0 Å². The van der Waals surface area contributed by atoms with Crippen LogP contribution in [0.25, 0.3) is 0 Å². The van der Waals surface area contributed by atoms with Crippen molar-refractivity contribution in [1.82, 2.24) is 25.5 Å². The highest BCUT2D eigenvalue weighted by Crippen LogP contribution is 2.36. The second kappa shape index (κ2) is 5.72. The number of nitrogens with one attached hydrogen (secondary N) is 1. The van der Waals surface area contributed by atoms with Crippen LogP contribution in [-0.4, -0.2) is 31.9 Å². The molecule has 1 aromatic carbocycles. The zero-order valence-corrected chi connectivity index (χ0v) is 12.9. The first-order chi connectivity index (χ1) is 10.8. The lowest BCUT2D eigenvalue weighted by atomic mass is 10.1. The number of amides is 1. The molecule has 1 heterocycles. The lowest BCUT2D eigenvalue weighted by Crippen LogP contribution is -2.28. The Labute approximate surface area is 132 Å². The number of benzene rings is 1. The van der Waals surface area contributed by atoms with E-state index in [2.05, 4.69) is 39.0 Å². The van der Waals surface area contributed by atoms with Crippen LogP contribution in [0.4, 0.5) is 0 Å². The van der Waals surface area contributed by atoms with E-state index in [4.69, 9.17) is 0 Å². The van der Waals surface area contributed by atoms with Crippen molar-refractivity contribution in [2.24, 2.45) is 0 Å². The summed E-state index contributed by atoms with van der Waals surface area (Å²) in [5.74, 6) is 0.392. The maximum atomic E-state index is 12.2. The molecular formula is C15H17N5OS. The van der Waals surface area contributed by atoms with Gasteiger partial charge in [-0.3, -0.25) is 4.79 Å². The Bertz CT molecular complexity index is 697. The summed E-state index contributed by atoms with van der Waals surface area (Å²) in [5, 5.41) is 15.6. The largest absolute Gasteiger partial charge is 0.349 e. The number of carbonyl (C=O) groups is 1. The number of carbonyl (C=O) groups excluding carboxylic acids is 1. The molecule has 114 valence electrons. The lowest BCUT2D eigenvalue weighted by molar-refractivity contribution is -0.119. The Hall–Kier alpha value is -1.89. The molecule has 4 rings (SSSR count). The van der Waals surface area contributed by atoms with Gasteiger partial charge in [-0.25, -0.2) is 4.68 Å². The van der Waals surface area contributed by atoms with Crippen molar-refractivity contribution < 1.29 is 4.79 Å². The molecule has 0 bridgehead atoms. The molecule has 7 heteroatoms. The summed E-state index contributed by atoms with van der Waals surface area (Å²) in [6.07, 6.45) is 4.27. The summed E-state index contributed by atoms with van der Waals surface area (Å²) < 4.78 is 1.84. The van der Waals surface area contributed by atoms with Crippen LogP contribution in [0, 0.1) is 0 Å². The molecule has 0 spiro atoms. The van der Waals surface area contributed by atoms with Crippen LogP contribution in [0.2, 0.25) is 0 Å². The van der Waals surface area contributed by atoms with Gasteiger partial charge in [-0.2, -0.15) is 0 Å². The minimum atomic E-state index is 0.0389. The Morgan fingerprint density at radius 1 is 1.32 bits per heavy atom. The number of tetrazole rings is 1. The quantitative estimate of drug-likeness (QED) is 0.853. The number of aryl methyl sites for hydroxylation is 1. The van der Waals surface area contributed by atoms with E-state index in [9.17, 15) is 4.79 Å². The molecule has 2 aliphatic carbocycles. The first-order valence-corrected chi connectivity index (χ1v) is 8.57. The van der Waals surface area contributed by atoms with Gasteiger partial charge in [-0.1, -0.05) is 36.0 Å². The van der Waals surface area contributed by atoms with Crippen molar-refractivity contribution in [3.05, 3.63) is 35.4 Å². The van der Waals surface area contributed by atoms with Crippen LogP contribution in [0.15, 0.2) is 29.4 Å². The average Bonchev–Trinajstić information content (AvgIpc) is 3.14. The summed E-state index contributed by atoms with van der Waals surface area (Å²) in [6.45, 7) is 0. The Morgan fingerprint density at radius 3 is 3.05 bits per heavy atom. The van der Waals surface area contributed by atoms with Crippen molar-refractivity contribution in [3.63, 3.8) is 0 Å². The number of thioether (sulfide) groups is 1. The summed E-state index contributed by atoms with van der Waals surface area (Å²) in [4.78, 5) is 12.2. The second-order valence-electron chi connectivity index (χ2n) is 5.78. The van der Waals surface area contributed by atoms with Gasteiger partial charge in [0.15, 0.2) is 0 Å². The fraction of sp³-hybridized carbons (Fsp3) is 0.467. The van der Waals surface area contributed by atoms with Crippen LogP contribution >= 0.6 is 11.8 Å². The molecule has 0 aliphatic heterocycles. The zero-order chi connectivity index (χ0) is 14.9. The first-order valence-electron chi connectivity index (χ1n) is 7.59. The number of rotatable bonds is 5. The molecule has 1 fully saturated rings. The molecule has 6 nitrogen and oxygen atoms in total. The monoisotopic (exact) mass is 315 g/mol. The third kappa shape index (κ3) is 2.72. The average molecular weight is 315 g/mol. The minimum Gasteiger partial charge on any atom is -0.349 e. The van der Waals surface area contributed by atoms with Gasteiger partial charge >= 0.3 is 0 Å². The number of fused-ring (bicyclic) bond motifs is 1. The zero-order valence-electron chi connectivity index (χ0n) is 12.1. The van der Waals surface area contributed by atoms with Crippen LogP contribution in [0.1, 0.15) is 42.5 Å². The Balaban J connectivity index is 1.34. The molecule has 0 saturated heterocycles. The summed E-state index contributed by atoms with van der Waals surface area (Å²) in [5.41, 5.74) is 2.60. The van der Waals surface area contributed by atoms with Gasteiger partial charge in [-0.05, 0) is 47.2 Å². The second-order valence-corrected chi connectivity index (χ2v) is 6.73. The predicted molar refractivity (Wildman–Crippen MR) is 82.5 cm³/mol. The van der Waals surface area contributed by atoms with Crippen molar-refractivity contribution in [2.45, 2.75) is 42.9 Å². The van der Waals surface area contributed by atoms with Crippen LogP contribution in [0.3, 0.4) is 0 Å². The van der Waals surface area contributed by atoms with Gasteiger partial charge in [0.25, 0.3) is 0 Å². The SMILES string of the molecule is O=C(CSc1nnnn1C1CC1)NC1CCc2ccccc21. The van der Waals surface area contributed by atoms with Crippen LogP contribution in [0.5, 0.6) is 0 Å². The first kappa shape index (κ1) is 13.8. The van der Waals surface area contributed by atoms with Crippen molar-refractivity contribution in [3.8, 4) is 0 Å². The van der Waals surface area contributed by atoms with Gasteiger partial charge in [-0.15, -0.1) is 5.10 Å². The number of aromatic nitrogens is 4. The smallest absolute Gasteiger partial charge is 0.230 e. The Morgan fingerprint density at radius 2 is 2.18 bits per heavy atom. The van der Waals surface area contributed by atoms with Crippen molar-refractivity contribution in [1.29, 1.82) is 0 Å². The van der Waals surface area contributed by atoms with E-state index in [1.165, 1.54) is 22.9 Å². The molecule has 2 aromatic rings. The molecule has 1 unspecified atom stereocenters. The molecule has 2 aliphatic rings. The fourth-order valence-electron chi connectivity index (χ4n) is 2.90. The molecule has 1 N–H and O–H groups in total. The van der Waals surface area contributed by atoms with E-state index >= 15 is 0 Å². The van der Waals surface area contributed by atoms with E-state index in [1.807, 2.05) is 10.7 Å². The molecule has 0 radical (unpaired) electrons. The third-order valence-corrected chi connectivity index (χ3v) is 5.09. The van der Waals surface area contributed by atoms with Crippen LogP contribution in [-0.2, 0) is 11.2 Å². The van der Waals surface area contributed by atoms with E-state index in [1.54, 1.807) is 0 Å². The van der Waals surface area contributed by atoms with Crippen molar-refractivity contribution >= 4 is 17.7 Å². The van der Waals surface area contributed by atoms with E-state index in [0.29, 0.717) is 11.8 Å². The fourth-order valence-corrected chi connectivity index (χ4v) is 3.66. The molecule has 1 aromatic heterocycles. The van der Waals surface area contributed by atoms with E-state index in [0.717, 1.165) is 30.8 Å². The number of nitrogens with zero attached hydrogens (tertiary/aromatic N) is 4. The van der Waals surface area contributed by atoms with E-state index in [-0.39, 0.29) is 11.9 Å². The molecule has 1 amide bonds. The molecular weight excluding hydrogens is 298 g/mol. The maximum absolute atomic E-state index is 12.2. The molecule has 1 saturated carbocycles. The lowest BCUT2D eigenvalue weighted by Gasteiger charge is -2.13. The number of hydrogen-bond acceptors (Lipinski definition) is 5. The van der Waals surface area contributed by atoms with Gasteiger partial charge in [0.05, 0.1) is 17.8 Å². The van der Waals surface area contributed by atoms with Gasteiger partial charge in [0.1, 0.15) is 0 Å². The van der Waals surface area contributed by atoms with Gasteiger partial charge in [0.2, 0.25) is 11.1 Å². The van der Waals surface area contributed by atoms with Gasteiger partial charge < -0.3 is 5.32 Å². The third-order valence-electron chi connectivity index (χ3n) is 4.16. The number of hydrogen-bond donors (Lipinski definition) is 1. The highest BCUT2D eigenvalue weighted by molar-refractivity contribution is 7.99. The normalized spacial score (nSPS) is 19.9. The summed E-state index contributed by atoms with van der Waals surface area (Å²) in [6, 6.07) is 8.90. The Kier molecular flexibility index (Phi) is 3.57. The standard InChI is InChI=1S/C15H17N5OS/c21-14(9-22-15-17-18-19-20(15)11-6-7-11)16-13-8-5-10-3-1-2-4-12(10)13/h1-4,11,13H,5-9H2,(H,16,21).